The Hall–Kier alpha value is -3.62. The molecule has 1 aromatic heterocycles. The third kappa shape index (κ3) is 3.56. The van der Waals surface area contributed by atoms with E-state index >= 15 is 0 Å². The van der Waals surface area contributed by atoms with E-state index in [9.17, 15) is 23.9 Å². The van der Waals surface area contributed by atoms with Gasteiger partial charge in [0.25, 0.3) is 5.56 Å². The van der Waals surface area contributed by atoms with Crippen LogP contribution in [0, 0.1) is 5.82 Å². The Morgan fingerprint density at radius 2 is 1.96 bits per heavy atom. The highest BCUT2D eigenvalue weighted by atomic mass is 19.1. The molecule has 0 radical (unpaired) electrons. The molecular weight excluding hydrogens is 347 g/mol. The van der Waals surface area contributed by atoms with E-state index in [-0.39, 0.29) is 24.7 Å². The summed E-state index contributed by atoms with van der Waals surface area (Å²) in [5.74, 6) is -3.13. The number of carbonyl (C=O) groups is 1. The number of benzene rings is 1. The minimum absolute atomic E-state index is 0.0709. The standard InChI is InChI=1S/C17H13FN2O6/c18-11-8-20(17(24)19-15(11)22)7-6-12-14(13(21)16(23)26-12)25-9-10-4-2-1-3-5-10/h1-6,8,21H,7,9H2,(H,19,22,24)/b12-6+. The number of hydrogen-bond donors (Lipinski definition) is 2. The number of aliphatic hydroxyl groups is 1. The molecule has 0 bridgehead atoms. The number of cyclic esters (lactones) is 1. The van der Waals surface area contributed by atoms with Gasteiger partial charge in [-0.25, -0.2) is 9.59 Å². The van der Waals surface area contributed by atoms with Gasteiger partial charge in [-0.1, -0.05) is 30.3 Å². The number of carbonyl (C=O) groups excluding carboxylic acids is 1. The lowest BCUT2D eigenvalue weighted by molar-refractivity contribution is -0.135. The largest absolute Gasteiger partial charge is 0.499 e. The van der Waals surface area contributed by atoms with E-state index < -0.39 is 28.8 Å². The van der Waals surface area contributed by atoms with Crippen LogP contribution in [0.3, 0.4) is 0 Å². The van der Waals surface area contributed by atoms with Crippen molar-refractivity contribution >= 4 is 5.97 Å². The first-order chi connectivity index (χ1) is 12.5. The predicted octanol–water partition coefficient (Wildman–Crippen LogP) is 1.10. The highest BCUT2D eigenvalue weighted by molar-refractivity contribution is 5.91. The minimum atomic E-state index is -1.13. The van der Waals surface area contributed by atoms with E-state index in [4.69, 9.17) is 9.47 Å². The van der Waals surface area contributed by atoms with Crippen molar-refractivity contribution in [3.8, 4) is 0 Å². The topological polar surface area (TPSA) is 111 Å². The van der Waals surface area contributed by atoms with Gasteiger partial charge in [-0.05, 0) is 11.6 Å². The number of halogens is 1. The van der Waals surface area contributed by atoms with Crippen LogP contribution in [0.15, 0.2) is 69.5 Å². The molecule has 26 heavy (non-hydrogen) atoms. The summed E-state index contributed by atoms with van der Waals surface area (Å²) >= 11 is 0. The SMILES string of the molecule is O=C1O/C(=C/Cn2cc(F)c(=O)[nH]c2=O)C(OCc2ccccc2)=C1O. The molecule has 2 heterocycles. The minimum Gasteiger partial charge on any atom is -0.499 e. The monoisotopic (exact) mass is 360 g/mol. The van der Waals surface area contributed by atoms with Gasteiger partial charge in [-0.15, -0.1) is 0 Å². The molecule has 1 aliphatic rings. The Morgan fingerprint density at radius 3 is 2.69 bits per heavy atom. The van der Waals surface area contributed by atoms with Crippen molar-refractivity contribution in [3.05, 3.63) is 92.1 Å². The van der Waals surface area contributed by atoms with Gasteiger partial charge in [0.2, 0.25) is 17.3 Å². The van der Waals surface area contributed by atoms with Crippen molar-refractivity contribution in [3.63, 3.8) is 0 Å². The predicted molar refractivity (Wildman–Crippen MR) is 86.3 cm³/mol. The number of allylic oxidation sites excluding steroid dienone is 1. The molecule has 1 aliphatic heterocycles. The van der Waals surface area contributed by atoms with E-state index in [1.165, 1.54) is 6.08 Å². The van der Waals surface area contributed by atoms with Gasteiger partial charge < -0.3 is 14.6 Å². The lowest BCUT2D eigenvalue weighted by Gasteiger charge is -2.08. The number of aromatic nitrogens is 2. The van der Waals surface area contributed by atoms with Crippen molar-refractivity contribution in [1.82, 2.24) is 9.55 Å². The van der Waals surface area contributed by atoms with Gasteiger partial charge in [0.1, 0.15) is 6.61 Å². The maximum absolute atomic E-state index is 13.3. The zero-order valence-electron chi connectivity index (χ0n) is 13.3. The molecule has 0 fully saturated rings. The number of nitrogens with one attached hydrogen (secondary N) is 1. The van der Waals surface area contributed by atoms with Crippen molar-refractivity contribution in [2.24, 2.45) is 0 Å². The summed E-state index contributed by atoms with van der Waals surface area (Å²) in [5, 5.41) is 9.80. The summed E-state index contributed by atoms with van der Waals surface area (Å²) < 4.78 is 24.5. The molecule has 0 unspecified atom stereocenters. The van der Waals surface area contributed by atoms with Crippen molar-refractivity contribution in [2.45, 2.75) is 13.2 Å². The second-order valence-electron chi connectivity index (χ2n) is 5.30. The van der Waals surface area contributed by atoms with Crippen molar-refractivity contribution in [2.75, 3.05) is 0 Å². The number of aliphatic hydroxyl groups excluding tert-OH is 1. The maximum atomic E-state index is 13.3. The molecular formula is C17H13FN2O6. The molecule has 0 atom stereocenters. The fourth-order valence-electron chi connectivity index (χ4n) is 2.21. The molecule has 0 aliphatic carbocycles. The molecule has 3 rings (SSSR count). The Labute approximate surface area is 145 Å². The van der Waals surface area contributed by atoms with Crippen LogP contribution >= 0.6 is 0 Å². The molecule has 8 nitrogen and oxygen atoms in total. The van der Waals surface area contributed by atoms with Gasteiger partial charge >= 0.3 is 11.7 Å². The molecule has 9 heteroatoms. The number of ether oxygens (including phenoxy) is 2. The van der Waals surface area contributed by atoms with Gasteiger partial charge in [-0.3, -0.25) is 14.3 Å². The molecule has 0 amide bonds. The maximum Gasteiger partial charge on any atom is 0.383 e. The van der Waals surface area contributed by atoms with Gasteiger partial charge in [0.15, 0.2) is 5.76 Å². The summed E-state index contributed by atoms with van der Waals surface area (Å²) in [6, 6.07) is 9.02. The molecule has 2 N–H and O–H groups in total. The van der Waals surface area contributed by atoms with Crippen LogP contribution in [-0.2, 0) is 27.4 Å². The number of nitrogens with zero attached hydrogens (tertiary/aromatic N) is 1. The fraction of sp³-hybridized carbons (Fsp3) is 0.118. The first kappa shape index (κ1) is 17.2. The zero-order valence-corrected chi connectivity index (χ0v) is 13.3. The Balaban J connectivity index is 1.81. The average Bonchev–Trinajstić information content (AvgIpc) is 2.90. The van der Waals surface area contributed by atoms with Crippen LogP contribution in [0.4, 0.5) is 4.39 Å². The number of H-pyrrole nitrogens is 1. The molecule has 0 spiro atoms. The second-order valence-corrected chi connectivity index (χ2v) is 5.30. The number of hydrogen-bond acceptors (Lipinski definition) is 6. The molecule has 0 saturated heterocycles. The van der Waals surface area contributed by atoms with E-state index in [1.54, 1.807) is 29.2 Å². The molecule has 134 valence electrons. The van der Waals surface area contributed by atoms with Crippen LogP contribution in [0.1, 0.15) is 5.56 Å². The summed E-state index contributed by atoms with van der Waals surface area (Å²) in [6.45, 7) is -0.151. The highest BCUT2D eigenvalue weighted by Gasteiger charge is 2.31. The fourth-order valence-corrected chi connectivity index (χ4v) is 2.21. The Kier molecular flexibility index (Phi) is 4.70. The third-order valence-electron chi connectivity index (χ3n) is 3.50. The van der Waals surface area contributed by atoms with Crippen LogP contribution in [-0.4, -0.2) is 20.6 Å². The van der Waals surface area contributed by atoms with Crippen LogP contribution < -0.4 is 11.2 Å². The Bertz CT molecular complexity index is 1020. The second kappa shape index (κ2) is 7.09. The normalized spacial score (nSPS) is 15.4. The molecule has 0 saturated carbocycles. The van der Waals surface area contributed by atoms with E-state index in [2.05, 4.69) is 0 Å². The smallest absolute Gasteiger partial charge is 0.383 e. The van der Waals surface area contributed by atoms with E-state index in [1.807, 2.05) is 6.07 Å². The summed E-state index contributed by atoms with van der Waals surface area (Å²) in [7, 11) is 0. The number of aromatic amines is 1. The van der Waals surface area contributed by atoms with Crippen LogP contribution in [0.25, 0.3) is 0 Å². The van der Waals surface area contributed by atoms with Gasteiger partial charge in [0, 0.05) is 6.54 Å². The van der Waals surface area contributed by atoms with Crippen molar-refractivity contribution in [1.29, 1.82) is 0 Å². The summed E-state index contributed by atoms with van der Waals surface area (Å²) in [6.07, 6.45) is 1.98. The van der Waals surface area contributed by atoms with Crippen LogP contribution in [0.5, 0.6) is 0 Å². The van der Waals surface area contributed by atoms with Crippen LogP contribution in [0.2, 0.25) is 0 Å². The lowest BCUT2D eigenvalue weighted by Crippen LogP contribution is -2.31. The summed E-state index contributed by atoms with van der Waals surface area (Å²) in [5.41, 5.74) is -1.17. The van der Waals surface area contributed by atoms with Gasteiger partial charge in [0.05, 0.1) is 6.20 Å². The first-order valence-electron chi connectivity index (χ1n) is 7.47. The van der Waals surface area contributed by atoms with Gasteiger partial charge in [-0.2, -0.15) is 4.39 Å². The Morgan fingerprint density at radius 1 is 1.23 bits per heavy atom. The number of esters is 1. The zero-order chi connectivity index (χ0) is 18.7. The van der Waals surface area contributed by atoms with E-state index in [0.717, 1.165) is 16.3 Å². The third-order valence-corrected chi connectivity index (χ3v) is 3.50. The van der Waals surface area contributed by atoms with E-state index in [0.29, 0.717) is 0 Å². The van der Waals surface area contributed by atoms with Crippen molar-refractivity contribution < 1.29 is 23.8 Å². The molecule has 1 aromatic carbocycles. The first-order valence-corrected chi connectivity index (χ1v) is 7.47. The highest BCUT2D eigenvalue weighted by Crippen LogP contribution is 2.26. The lowest BCUT2D eigenvalue weighted by atomic mass is 10.2. The average molecular weight is 360 g/mol. The quantitative estimate of drug-likeness (QED) is 0.773. The number of rotatable bonds is 5. The summed E-state index contributed by atoms with van der Waals surface area (Å²) in [4.78, 5) is 36.0. The molecule has 2 aromatic rings.